The maximum Gasteiger partial charge on any atom is 0.401 e. The highest BCUT2D eigenvalue weighted by molar-refractivity contribution is 6.31. The standard InChI is InChI=1S/C13H17ClF3NO2/c14-11-4-2-1-3-10(11)12(20)5-6-18(7-8-19)9-13(15,16)17/h1-4,12,19-20H,5-9H2. The van der Waals surface area contributed by atoms with Crippen molar-refractivity contribution in [2.45, 2.75) is 18.7 Å². The number of benzene rings is 1. The van der Waals surface area contributed by atoms with Crippen molar-refractivity contribution in [2.24, 2.45) is 0 Å². The fourth-order valence-electron chi connectivity index (χ4n) is 1.87. The molecule has 0 saturated carbocycles. The molecule has 1 rings (SSSR count). The summed E-state index contributed by atoms with van der Waals surface area (Å²) in [4.78, 5) is 1.06. The lowest BCUT2D eigenvalue weighted by Gasteiger charge is -2.24. The van der Waals surface area contributed by atoms with Gasteiger partial charge in [-0.15, -0.1) is 0 Å². The van der Waals surface area contributed by atoms with Crippen LogP contribution in [-0.2, 0) is 0 Å². The third-order valence-corrected chi connectivity index (χ3v) is 3.15. The van der Waals surface area contributed by atoms with Gasteiger partial charge in [0.05, 0.1) is 19.3 Å². The Morgan fingerprint density at radius 2 is 1.85 bits per heavy atom. The minimum Gasteiger partial charge on any atom is -0.395 e. The molecule has 1 atom stereocenters. The maximum absolute atomic E-state index is 12.3. The lowest BCUT2D eigenvalue weighted by molar-refractivity contribution is -0.147. The quantitative estimate of drug-likeness (QED) is 0.813. The van der Waals surface area contributed by atoms with Gasteiger partial charge < -0.3 is 10.2 Å². The predicted molar refractivity (Wildman–Crippen MR) is 70.6 cm³/mol. The van der Waals surface area contributed by atoms with Crippen molar-refractivity contribution in [1.82, 2.24) is 4.90 Å². The molecule has 0 spiro atoms. The van der Waals surface area contributed by atoms with Crippen molar-refractivity contribution in [3.8, 4) is 0 Å². The van der Waals surface area contributed by atoms with Crippen LogP contribution in [0.3, 0.4) is 0 Å². The Hall–Kier alpha value is -0.820. The summed E-state index contributed by atoms with van der Waals surface area (Å²) < 4.78 is 37.0. The van der Waals surface area contributed by atoms with Gasteiger partial charge in [0, 0.05) is 18.1 Å². The number of aliphatic hydroxyl groups excluding tert-OH is 2. The molecular weight excluding hydrogens is 295 g/mol. The molecule has 0 amide bonds. The number of halogens is 4. The van der Waals surface area contributed by atoms with Crippen molar-refractivity contribution in [2.75, 3.05) is 26.2 Å². The zero-order valence-corrected chi connectivity index (χ0v) is 11.5. The minimum atomic E-state index is -4.33. The molecule has 0 saturated heterocycles. The van der Waals surface area contributed by atoms with Gasteiger partial charge >= 0.3 is 6.18 Å². The fraction of sp³-hybridized carbons (Fsp3) is 0.538. The summed E-state index contributed by atoms with van der Waals surface area (Å²) in [5.41, 5.74) is 0.491. The van der Waals surface area contributed by atoms with Crippen molar-refractivity contribution < 1.29 is 23.4 Å². The number of aliphatic hydroxyl groups is 2. The van der Waals surface area contributed by atoms with Crippen molar-refractivity contribution in [3.05, 3.63) is 34.9 Å². The molecule has 1 aromatic rings. The van der Waals surface area contributed by atoms with Gasteiger partial charge in [-0.1, -0.05) is 29.8 Å². The van der Waals surface area contributed by atoms with Crippen LogP contribution in [0.5, 0.6) is 0 Å². The SMILES string of the molecule is OCCN(CCC(O)c1ccccc1Cl)CC(F)(F)F. The van der Waals surface area contributed by atoms with Crippen LogP contribution in [0.25, 0.3) is 0 Å². The number of alkyl halides is 3. The molecule has 0 aliphatic rings. The highest BCUT2D eigenvalue weighted by Gasteiger charge is 2.30. The molecule has 0 bridgehead atoms. The van der Waals surface area contributed by atoms with Gasteiger partial charge in [0.1, 0.15) is 0 Å². The molecule has 0 aliphatic carbocycles. The Balaban J connectivity index is 2.56. The highest BCUT2D eigenvalue weighted by Crippen LogP contribution is 2.25. The van der Waals surface area contributed by atoms with E-state index in [-0.39, 0.29) is 26.1 Å². The molecule has 20 heavy (non-hydrogen) atoms. The summed E-state index contributed by atoms with van der Waals surface area (Å²) in [6.07, 6.45) is -5.15. The number of rotatable bonds is 7. The van der Waals surface area contributed by atoms with Gasteiger partial charge in [0.25, 0.3) is 0 Å². The topological polar surface area (TPSA) is 43.7 Å². The second-order valence-electron chi connectivity index (χ2n) is 4.44. The molecule has 0 radical (unpaired) electrons. The molecular formula is C13H17ClF3NO2. The van der Waals surface area contributed by atoms with E-state index in [2.05, 4.69) is 0 Å². The Morgan fingerprint density at radius 1 is 1.20 bits per heavy atom. The molecule has 114 valence electrons. The lowest BCUT2D eigenvalue weighted by Crippen LogP contribution is -2.37. The third kappa shape index (κ3) is 6.09. The fourth-order valence-corrected chi connectivity index (χ4v) is 2.13. The van der Waals surface area contributed by atoms with E-state index in [0.29, 0.717) is 10.6 Å². The van der Waals surface area contributed by atoms with E-state index in [1.807, 2.05) is 0 Å². The van der Waals surface area contributed by atoms with Gasteiger partial charge in [0.2, 0.25) is 0 Å². The predicted octanol–water partition coefficient (Wildman–Crippen LogP) is 2.62. The van der Waals surface area contributed by atoms with Crippen molar-refractivity contribution >= 4 is 11.6 Å². The van der Waals surface area contributed by atoms with Crippen LogP contribution in [0.4, 0.5) is 13.2 Å². The van der Waals surface area contributed by atoms with Crippen LogP contribution in [0.1, 0.15) is 18.1 Å². The average Bonchev–Trinajstić information content (AvgIpc) is 2.34. The van der Waals surface area contributed by atoms with Crippen LogP contribution >= 0.6 is 11.6 Å². The van der Waals surface area contributed by atoms with Gasteiger partial charge in [-0.3, -0.25) is 4.90 Å². The summed E-state index contributed by atoms with van der Waals surface area (Å²) in [7, 11) is 0. The summed E-state index contributed by atoms with van der Waals surface area (Å²) in [6.45, 7) is -1.54. The average molecular weight is 312 g/mol. The molecule has 2 N–H and O–H groups in total. The molecule has 7 heteroatoms. The molecule has 1 aromatic carbocycles. The van der Waals surface area contributed by atoms with E-state index in [9.17, 15) is 18.3 Å². The summed E-state index contributed by atoms with van der Waals surface area (Å²) in [6, 6.07) is 6.65. The van der Waals surface area contributed by atoms with Crippen molar-refractivity contribution in [1.29, 1.82) is 0 Å². The Kier molecular flexibility index (Phi) is 6.75. The molecule has 0 aliphatic heterocycles. The molecule has 1 unspecified atom stereocenters. The number of hydrogen-bond donors (Lipinski definition) is 2. The van der Waals surface area contributed by atoms with Crippen molar-refractivity contribution in [3.63, 3.8) is 0 Å². The zero-order valence-electron chi connectivity index (χ0n) is 10.8. The summed E-state index contributed by atoms with van der Waals surface area (Å²) in [5, 5.41) is 19.1. The molecule has 0 fully saturated rings. The summed E-state index contributed by atoms with van der Waals surface area (Å²) in [5.74, 6) is 0. The first kappa shape index (κ1) is 17.2. The highest BCUT2D eigenvalue weighted by atomic mass is 35.5. The smallest absolute Gasteiger partial charge is 0.395 e. The normalized spacial score (nSPS) is 13.8. The first-order valence-electron chi connectivity index (χ1n) is 6.16. The first-order valence-corrected chi connectivity index (χ1v) is 6.53. The summed E-state index contributed by atoms with van der Waals surface area (Å²) >= 11 is 5.91. The van der Waals surface area contributed by atoms with E-state index in [1.54, 1.807) is 24.3 Å². The molecule has 0 aromatic heterocycles. The van der Waals surface area contributed by atoms with Gasteiger partial charge in [-0.05, 0) is 18.1 Å². The number of hydrogen-bond acceptors (Lipinski definition) is 3. The second-order valence-corrected chi connectivity index (χ2v) is 4.85. The Morgan fingerprint density at radius 3 is 2.40 bits per heavy atom. The zero-order chi connectivity index (χ0) is 15.2. The van der Waals surface area contributed by atoms with E-state index >= 15 is 0 Å². The molecule has 0 heterocycles. The largest absolute Gasteiger partial charge is 0.401 e. The van der Waals surface area contributed by atoms with Gasteiger partial charge in [0.15, 0.2) is 0 Å². The van der Waals surface area contributed by atoms with Crippen LogP contribution < -0.4 is 0 Å². The Labute approximate surface area is 120 Å². The van der Waals surface area contributed by atoms with Crippen LogP contribution in [0.2, 0.25) is 5.02 Å². The monoisotopic (exact) mass is 311 g/mol. The van der Waals surface area contributed by atoms with Gasteiger partial charge in [-0.2, -0.15) is 13.2 Å². The van der Waals surface area contributed by atoms with Crippen LogP contribution in [-0.4, -0.2) is 47.5 Å². The maximum atomic E-state index is 12.3. The third-order valence-electron chi connectivity index (χ3n) is 2.80. The Bertz CT molecular complexity index is 415. The van der Waals surface area contributed by atoms with Crippen LogP contribution in [0.15, 0.2) is 24.3 Å². The molecule has 3 nitrogen and oxygen atoms in total. The number of nitrogens with zero attached hydrogens (tertiary/aromatic N) is 1. The van der Waals surface area contributed by atoms with Crippen LogP contribution in [0, 0.1) is 0 Å². The first-order chi connectivity index (χ1) is 9.33. The minimum absolute atomic E-state index is 0.0203. The van der Waals surface area contributed by atoms with E-state index in [0.717, 1.165) is 4.90 Å². The van der Waals surface area contributed by atoms with E-state index in [4.69, 9.17) is 16.7 Å². The lowest BCUT2D eigenvalue weighted by atomic mass is 10.1. The second kappa shape index (κ2) is 7.83. The van der Waals surface area contributed by atoms with E-state index < -0.39 is 18.8 Å². The van der Waals surface area contributed by atoms with E-state index in [1.165, 1.54) is 0 Å². The van der Waals surface area contributed by atoms with Gasteiger partial charge in [-0.25, -0.2) is 0 Å².